The van der Waals surface area contributed by atoms with Gasteiger partial charge in [-0.1, -0.05) is 13.8 Å². The van der Waals surface area contributed by atoms with Gasteiger partial charge in [0.15, 0.2) is 5.43 Å². The molecule has 0 saturated carbocycles. The lowest BCUT2D eigenvalue weighted by atomic mass is 10.1. The lowest BCUT2D eigenvalue weighted by Gasteiger charge is -2.28. The fraction of sp³-hybridized carbons (Fsp3) is 0.591. The monoisotopic (exact) mass is 416 g/mol. The summed E-state index contributed by atoms with van der Waals surface area (Å²) in [7, 11) is 1.75. The lowest BCUT2D eigenvalue weighted by molar-refractivity contribution is 0.0781. The van der Waals surface area contributed by atoms with E-state index < -0.39 is 0 Å². The smallest absolute Gasteiger partial charge is 0.259 e. The Hall–Kier alpha value is -1.99. The summed E-state index contributed by atoms with van der Waals surface area (Å²) in [6.07, 6.45) is 3.02. The number of likely N-dealkylation sites (N-methyl/N-ethyl adjacent to an activating group) is 1. The third-order valence-corrected chi connectivity index (χ3v) is 6.81. The van der Waals surface area contributed by atoms with E-state index in [1.165, 1.54) is 6.42 Å². The van der Waals surface area contributed by atoms with Crippen molar-refractivity contribution in [3.63, 3.8) is 0 Å². The minimum Gasteiger partial charge on any atom is -0.346 e. The number of thiazole rings is 1. The number of aromatic nitrogens is 2. The third kappa shape index (κ3) is 4.61. The molecule has 7 heteroatoms. The van der Waals surface area contributed by atoms with Crippen LogP contribution in [0.25, 0.3) is 0 Å². The largest absolute Gasteiger partial charge is 0.346 e. The maximum absolute atomic E-state index is 13.3. The van der Waals surface area contributed by atoms with Crippen LogP contribution >= 0.6 is 11.3 Å². The van der Waals surface area contributed by atoms with Crippen LogP contribution in [-0.4, -0.2) is 51.4 Å². The molecule has 0 bridgehead atoms. The highest BCUT2D eigenvalue weighted by Gasteiger charge is 2.27. The quantitative estimate of drug-likeness (QED) is 0.695. The molecule has 0 aliphatic carbocycles. The SMILES string of the molecule is CCc1c(C(=O)N(C)Cc2nc(C)cs2)c(=O)cc(C)n1C[C@H]1CCCN1CC. The zero-order valence-electron chi connectivity index (χ0n) is 18.2. The summed E-state index contributed by atoms with van der Waals surface area (Å²) in [5.41, 5.74) is 2.88. The standard InChI is InChI=1S/C22H32N4O2S/c1-6-18-21(22(28)24(5)13-20-23-15(3)14-29-20)19(27)11-16(4)26(18)12-17-9-8-10-25(17)7-2/h11,14,17H,6-10,12-13H2,1-5H3/t17-/m1/s1. The Bertz CT molecular complexity index is 933. The summed E-state index contributed by atoms with van der Waals surface area (Å²) in [6.45, 7) is 11.6. The summed E-state index contributed by atoms with van der Waals surface area (Å²) in [5, 5.41) is 2.86. The molecule has 1 aliphatic heterocycles. The molecule has 2 aromatic rings. The molecule has 1 fully saturated rings. The van der Waals surface area contributed by atoms with Crippen LogP contribution in [0.3, 0.4) is 0 Å². The Morgan fingerprint density at radius 3 is 2.72 bits per heavy atom. The van der Waals surface area contributed by atoms with Gasteiger partial charge in [0, 0.05) is 48.2 Å². The van der Waals surface area contributed by atoms with Gasteiger partial charge in [0.2, 0.25) is 0 Å². The van der Waals surface area contributed by atoms with E-state index in [4.69, 9.17) is 0 Å². The van der Waals surface area contributed by atoms with Crippen molar-refractivity contribution in [2.24, 2.45) is 0 Å². The Balaban J connectivity index is 1.93. The molecule has 0 aromatic carbocycles. The second-order valence-electron chi connectivity index (χ2n) is 7.90. The number of aryl methyl sites for hydroxylation is 2. The van der Waals surface area contributed by atoms with Crippen molar-refractivity contribution >= 4 is 17.2 Å². The number of amides is 1. The molecule has 2 aromatic heterocycles. The highest BCUT2D eigenvalue weighted by atomic mass is 32.1. The van der Waals surface area contributed by atoms with Gasteiger partial charge in [-0.05, 0) is 46.2 Å². The van der Waals surface area contributed by atoms with E-state index >= 15 is 0 Å². The molecule has 3 rings (SSSR count). The van der Waals surface area contributed by atoms with Gasteiger partial charge in [-0.15, -0.1) is 11.3 Å². The maximum atomic E-state index is 13.3. The maximum Gasteiger partial charge on any atom is 0.259 e. The average Bonchev–Trinajstić information content (AvgIpc) is 3.31. The van der Waals surface area contributed by atoms with Crippen LogP contribution in [0, 0.1) is 13.8 Å². The summed E-state index contributed by atoms with van der Waals surface area (Å²) >= 11 is 1.54. The zero-order chi connectivity index (χ0) is 21.1. The predicted molar refractivity (Wildman–Crippen MR) is 118 cm³/mol. The molecule has 0 radical (unpaired) electrons. The van der Waals surface area contributed by atoms with E-state index in [-0.39, 0.29) is 11.3 Å². The van der Waals surface area contributed by atoms with Gasteiger partial charge >= 0.3 is 0 Å². The van der Waals surface area contributed by atoms with Crippen molar-refractivity contribution < 1.29 is 4.79 Å². The molecule has 6 nitrogen and oxygen atoms in total. The molecule has 1 amide bonds. The molecule has 3 heterocycles. The third-order valence-electron chi connectivity index (χ3n) is 5.86. The minimum atomic E-state index is -0.216. The van der Waals surface area contributed by atoms with Crippen molar-refractivity contribution in [3.05, 3.63) is 49.3 Å². The topological polar surface area (TPSA) is 58.4 Å². The average molecular weight is 417 g/mol. The van der Waals surface area contributed by atoms with Crippen LogP contribution < -0.4 is 5.43 Å². The Labute approximate surface area is 177 Å². The van der Waals surface area contributed by atoms with Crippen LogP contribution in [0.4, 0.5) is 0 Å². The number of nitrogens with zero attached hydrogens (tertiary/aromatic N) is 4. The van der Waals surface area contributed by atoms with E-state index in [2.05, 4.69) is 21.4 Å². The van der Waals surface area contributed by atoms with Gasteiger partial charge in [-0.3, -0.25) is 14.5 Å². The molecule has 1 aliphatic rings. The predicted octanol–water partition coefficient (Wildman–Crippen LogP) is 3.24. The first-order valence-electron chi connectivity index (χ1n) is 10.5. The summed E-state index contributed by atoms with van der Waals surface area (Å²) in [6, 6.07) is 2.09. The normalized spacial score (nSPS) is 17.1. The van der Waals surface area contributed by atoms with E-state index in [1.54, 1.807) is 29.4 Å². The molecule has 0 unspecified atom stereocenters. The number of carbonyl (C=O) groups excluding carboxylic acids is 1. The first-order chi connectivity index (χ1) is 13.8. The molecule has 0 N–H and O–H groups in total. The second-order valence-corrected chi connectivity index (χ2v) is 8.85. The van der Waals surface area contributed by atoms with Gasteiger partial charge < -0.3 is 9.47 Å². The van der Waals surface area contributed by atoms with Crippen LogP contribution in [0.15, 0.2) is 16.2 Å². The van der Waals surface area contributed by atoms with Gasteiger partial charge in [-0.2, -0.15) is 0 Å². The molecule has 0 spiro atoms. The second kappa shape index (κ2) is 9.22. The first kappa shape index (κ1) is 21.7. The number of hydrogen-bond acceptors (Lipinski definition) is 5. The van der Waals surface area contributed by atoms with Crippen molar-refractivity contribution in [3.8, 4) is 0 Å². The van der Waals surface area contributed by atoms with Crippen LogP contribution in [0.2, 0.25) is 0 Å². The molecule has 1 atom stereocenters. The van der Waals surface area contributed by atoms with E-state index in [0.717, 1.165) is 48.1 Å². The Morgan fingerprint density at radius 2 is 2.10 bits per heavy atom. The Kier molecular flexibility index (Phi) is 6.90. The van der Waals surface area contributed by atoms with Gasteiger partial charge in [0.1, 0.15) is 10.6 Å². The van der Waals surface area contributed by atoms with Gasteiger partial charge in [-0.25, -0.2) is 4.98 Å². The van der Waals surface area contributed by atoms with E-state index in [9.17, 15) is 9.59 Å². The minimum absolute atomic E-state index is 0.179. The molecule has 1 saturated heterocycles. The van der Waals surface area contributed by atoms with Crippen molar-refractivity contribution in [2.45, 2.75) is 66.1 Å². The molecular weight excluding hydrogens is 384 g/mol. The Morgan fingerprint density at radius 1 is 1.34 bits per heavy atom. The fourth-order valence-electron chi connectivity index (χ4n) is 4.35. The molecule has 29 heavy (non-hydrogen) atoms. The number of pyridine rings is 1. The van der Waals surface area contributed by atoms with Crippen molar-refractivity contribution in [2.75, 3.05) is 20.1 Å². The van der Waals surface area contributed by atoms with Gasteiger partial charge in [0.25, 0.3) is 5.91 Å². The molecule has 158 valence electrons. The first-order valence-corrected chi connectivity index (χ1v) is 11.4. The van der Waals surface area contributed by atoms with Gasteiger partial charge in [0.05, 0.1) is 6.54 Å². The summed E-state index contributed by atoms with van der Waals surface area (Å²) < 4.78 is 2.20. The fourth-order valence-corrected chi connectivity index (χ4v) is 5.17. The number of hydrogen-bond donors (Lipinski definition) is 0. The van der Waals surface area contributed by atoms with Crippen molar-refractivity contribution in [1.29, 1.82) is 0 Å². The lowest BCUT2D eigenvalue weighted by Crippen LogP contribution is -2.37. The molecular formula is C22H32N4O2S. The number of rotatable bonds is 7. The highest BCUT2D eigenvalue weighted by molar-refractivity contribution is 7.09. The zero-order valence-corrected chi connectivity index (χ0v) is 19.0. The van der Waals surface area contributed by atoms with Crippen LogP contribution in [0.5, 0.6) is 0 Å². The van der Waals surface area contributed by atoms with Crippen LogP contribution in [0.1, 0.15) is 59.1 Å². The number of carbonyl (C=O) groups is 1. The number of likely N-dealkylation sites (tertiary alicyclic amines) is 1. The van der Waals surface area contributed by atoms with Crippen molar-refractivity contribution in [1.82, 2.24) is 19.4 Å². The van der Waals surface area contributed by atoms with E-state index in [0.29, 0.717) is 24.6 Å². The van der Waals surface area contributed by atoms with E-state index in [1.807, 2.05) is 26.2 Å². The highest BCUT2D eigenvalue weighted by Crippen LogP contribution is 2.21. The van der Waals surface area contributed by atoms with Crippen LogP contribution in [-0.2, 0) is 19.5 Å². The summed E-state index contributed by atoms with van der Waals surface area (Å²) in [5.74, 6) is -0.216. The summed E-state index contributed by atoms with van der Waals surface area (Å²) in [4.78, 5) is 34.7.